The molecule has 2 N–H and O–H groups in total. The number of benzene rings is 1. The molecule has 2 aromatic heterocycles. The molecule has 0 aliphatic carbocycles. The number of rotatable bonds is 3. The lowest BCUT2D eigenvalue weighted by Crippen LogP contribution is -2.15. The van der Waals surface area contributed by atoms with Crippen LogP contribution in [0.5, 0.6) is 11.5 Å². The average Bonchev–Trinajstić information content (AvgIpc) is 2.97. The number of carboxylic acids is 1. The fourth-order valence-electron chi connectivity index (χ4n) is 2.78. The topological polar surface area (TPSA) is 102 Å². The number of aromatic amines is 1. The molecule has 1 aromatic carbocycles. The number of fused-ring (bicyclic) bond motifs is 2. The van der Waals surface area contributed by atoms with E-state index in [-0.39, 0.29) is 10.4 Å². The van der Waals surface area contributed by atoms with Crippen LogP contribution in [0.1, 0.15) is 26.6 Å². The highest BCUT2D eigenvalue weighted by atomic mass is 32.1. The lowest BCUT2D eigenvalue weighted by Gasteiger charge is -2.18. The number of carbonyl (C=O) groups is 1. The van der Waals surface area contributed by atoms with Crippen LogP contribution in [0.15, 0.2) is 23.0 Å². The maximum absolute atomic E-state index is 12.3. The van der Waals surface area contributed by atoms with E-state index in [2.05, 4.69) is 9.97 Å². The molecule has 0 radical (unpaired) electrons. The zero-order chi connectivity index (χ0) is 18.3. The van der Waals surface area contributed by atoms with E-state index in [0.29, 0.717) is 46.3 Å². The number of nitrogens with one attached hydrogen (secondary N) is 1. The standard InChI is InChI=1S/C18H14N2O5S/c1-9-14-16(21)19-13(20-17(14)26-15(9)18(22)23)5-3-10-2-4-11-12(8-10)25-7-6-24-11/h2-5,8H,6-7H2,1H3,(H,22,23)(H,19,20,21). The number of aromatic carboxylic acids is 1. The van der Waals surface area contributed by atoms with E-state index in [1.807, 2.05) is 18.2 Å². The molecule has 3 aromatic rings. The van der Waals surface area contributed by atoms with Gasteiger partial charge in [0, 0.05) is 0 Å². The highest BCUT2D eigenvalue weighted by molar-refractivity contribution is 7.20. The Balaban J connectivity index is 1.70. The molecule has 0 unspecified atom stereocenters. The van der Waals surface area contributed by atoms with Crippen molar-refractivity contribution >= 4 is 39.7 Å². The molecule has 132 valence electrons. The number of ether oxygens (including phenoxy) is 2. The lowest BCUT2D eigenvalue weighted by molar-refractivity contribution is 0.0701. The van der Waals surface area contributed by atoms with Crippen LogP contribution in [-0.4, -0.2) is 34.3 Å². The third-order valence-electron chi connectivity index (χ3n) is 4.01. The van der Waals surface area contributed by atoms with Gasteiger partial charge in [-0.2, -0.15) is 0 Å². The second-order valence-electron chi connectivity index (χ2n) is 5.73. The smallest absolute Gasteiger partial charge is 0.346 e. The van der Waals surface area contributed by atoms with Crippen molar-refractivity contribution in [2.75, 3.05) is 13.2 Å². The Labute approximate surface area is 151 Å². The predicted molar refractivity (Wildman–Crippen MR) is 98.3 cm³/mol. The molecule has 0 amide bonds. The molecule has 1 aliphatic rings. The van der Waals surface area contributed by atoms with Gasteiger partial charge in [-0.3, -0.25) is 4.79 Å². The highest BCUT2D eigenvalue weighted by Crippen LogP contribution is 2.31. The number of aromatic nitrogens is 2. The summed E-state index contributed by atoms with van der Waals surface area (Å²) in [5.41, 5.74) is 0.956. The zero-order valence-electron chi connectivity index (χ0n) is 13.7. The number of carboxylic acid groups (broad SMARTS) is 1. The largest absolute Gasteiger partial charge is 0.486 e. The normalized spacial score (nSPS) is 13.4. The zero-order valence-corrected chi connectivity index (χ0v) is 14.6. The summed E-state index contributed by atoms with van der Waals surface area (Å²) < 4.78 is 11.0. The predicted octanol–water partition coefficient (Wildman–Crippen LogP) is 2.93. The minimum atomic E-state index is -1.06. The Hall–Kier alpha value is -3.13. The maximum atomic E-state index is 12.3. The molecular weight excluding hydrogens is 356 g/mol. The Kier molecular flexibility index (Phi) is 3.96. The van der Waals surface area contributed by atoms with Crippen LogP contribution in [0.4, 0.5) is 0 Å². The number of hydrogen-bond acceptors (Lipinski definition) is 6. The minimum absolute atomic E-state index is 0.131. The molecule has 8 heteroatoms. The van der Waals surface area contributed by atoms with Crippen molar-refractivity contribution in [3.05, 3.63) is 50.4 Å². The minimum Gasteiger partial charge on any atom is -0.486 e. The summed E-state index contributed by atoms with van der Waals surface area (Å²) in [5, 5.41) is 9.53. The summed E-state index contributed by atoms with van der Waals surface area (Å²) in [6.07, 6.45) is 3.46. The van der Waals surface area contributed by atoms with Gasteiger partial charge in [-0.05, 0) is 36.3 Å². The van der Waals surface area contributed by atoms with Gasteiger partial charge in [0.25, 0.3) is 5.56 Å². The van der Waals surface area contributed by atoms with Gasteiger partial charge >= 0.3 is 5.97 Å². The summed E-state index contributed by atoms with van der Waals surface area (Å²) >= 11 is 1.000. The van der Waals surface area contributed by atoms with Gasteiger partial charge < -0.3 is 19.6 Å². The fourth-order valence-corrected chi connectivity index (χ4v) is 3.81. The molecule has 0 atom stereocenters. The first-order valence-corrected chi connectivity index (χ1v) is 8.69. The van der Waals surface area contributed by atoms with E-state index in [1.54, 1.807) is 19.1 Å². The summed E-state index contributed by atoms with van der Waals surface area (Å²) in [6, 6.07) is 5.55. The first-order valence-electron chi connectivity index (χ1n) is 7.87. The van der Waals surface area contributed by atoms with Gasteiger partial charge in [-0.25, -0.2) is 9.78 Å². The van der Waals surface area contributed by atoms with Gasteiger partial charge in [-0.1, -0.05) is 12.1 Å². The average molecular weight is 370 g/mol. The molecule has 26 heavy (non-hydrogen) atoms. The van der Waals surface area contributed by atoms with Crippen LogP contribution >= 0.6 is 11.3 Å². The highest BCUT2D eigenvalue weighted by Gasteiger charge is 2.18. The maximum Gasteiger partial charge on any atom is 0.346 e. The van der Waals surface area contributed by atoms with Crippen molar-refractivity contribution in [1.82, 2.24) is 9.97 Å². The van der Waals surface area contributed by atoms with E-state index in [1.165, 1.54) is 0 Å². The number of H-pyrrole nitrogens is 1. The third-order valence-corrected chi connectivity index (χ3v) is 5.19. The molecule has 0 bridgehead atoms. The molecule has 0 saturated carbocycles. The molecule has 0 spiro atoms. The van der Waals surface area contributed by atoms with Crippen LogP contribution in [0, 0.1) is 6.92 Å². The van der Waals surface area contributed by atoms with Crippen LogP contribution in [0.3, 0.4) is 0 Å². The summed E-state index contributed by atoms with van der Waals surface area (Å²) in [5.74, 6) is 0.681. The number of aryl methyl sites for hydroxylation is 1. The molecule has 1 aliphatic heterocycles. The summed E-state index contributed by atoms with van der Waals surface area (Å²) in [6.45, 7) is 2.66. The van der Waals surface area contributed by atoms with E-state index < -0.39 is 5.97 Å². The van der Waals surface area contributed by atoms with Gasteiger partial charge in [0.2, 0.25) is 0 Å². The SMILES string of the molecule is Cc1c(C(=O)O)sc2nc(C=Cc3ccc4c(c3)OCCO4)[nH]c(=O)c12. The molecular formula is C18H14N2O5S. The van der Waals surface area contributed by atoms with E-state index in [9.17, 15) is 14.7 Å². The molecule has 0 fully saturated rings. The lowest BCUT2D eigenvalue weighted by atomic mass is 10.1. The Morgan fingerprint density at radius 3 is 2.81 bits per heavy atom. The van der Waals surface area contributed by atoms with Crippen molar-refractivity contribution < 1.29 is 19.4 Å². The summed E-state index contributed by atoms with van der Waals surface area (Å²) in [7, 11) is 0. The van der Waals surface area contributed by atoms with Crippen molar-refractivity contribution in [2.24, 2.45) is 0 Å². The quantitative estimate of drug-likeness (QED) is 0.735. The third kappa shape index (κ3) is 2.84. The molecule has 0 saturated heterocycles. The summed E-state index contributed by atoms with van der Waals surface area (Å²) in [4.78, 5) is 31.1. The van der Waals surface area contributed by atoms with Crippen LogP contribution < -0.4 is 15.0 Å². The number of thiophene rings is 1. The fraction of sp³-hybridized carbons (Fsp3) is 0.167. The molecule has 3 heterocycles. The van der Waals surface area contributed by atoms with Gasteiger partial charge in [-0.15, -0.1) is 11.3 Å². The Morgan fingerprint density at radius 1 is 1.27 bits per heavy atom. The van der Waals surface area contributed by atoms with Gasteiger partial charge in [0.05, 0.1) is 5.39 Å². The van der Waals surface area contributed by atoms with E-state index in [0.717, 1.165) is 16.9 Å². The second-order valence-corrected chi connectivity index (χ2v) is 6.73. The monoisotopic (exact) mass is 370 g/mol. The van der Waals surface area contributed by atoms with Gasteiger partial charge in [0.1, 0.15) is 28.7 Å². The Bertz CT molecular complexity index is 1110. The first-order chi connectivity index (χ1) is 12.5. The van der Waals surface area contributed by atoms with Crippen LogP contribution in [0.25, 0.3) is 22.4 Å². The van der Waals surface area contributed by atoms with Gasteiger partial charge in [0.15, 0.2) is 11.5 Å². The van der Waals surface area contributed by atoms with Crippen molar-refractivity contribution in [3.8, 4) is 11.5 Å². The molecule has 7 nitrogen and oxygen atoms in total. The van der Waals surface area contributed by atoms with Crippen LogP contribution in [0.2, 0.25) is 0 Å². The van der Waals surface area contributed by atoms with Crippen molar-refractivity contribution in [1.29, 1.82) is 0 Å². The van der Waals surface area contributed by atoms with Crippen LogP contribution in [-0.2, 0) is 0 Å². The molecule has 4 rings (SSSR count). The number of hydrogen-bond donors (Lipinski definition) is 2. The Morgan fingerprint density at radius 2 is 2.04 bits per heavy atom. The van der Waals surface area contributed by atoms with Crippen molar-refractivity contribution in [3.63, 3.8) is 0 Å². The van der Waals surface area contributed by atoms with E-state index in [4.69, 9.17) is 9.47 Å². The van der Waals surface area contributed by atoms with Crippen molar-refractivity contribution in [2.45, 2.75) is 6.92 Å². The second kappa shape index (κ2) is 6.30. The number of nitrogens with zero attached hydrogens (tertiary/aromatic N) is 1. The first kappa shape index (κ1) is 16.3. The van der Waals surface area contributed by atoms with E-state index >= 15 is 0 Å².